The van der Waals surface area contributed by atoms with Crippen LogP contribution >= 0.6 is 23.1 Å². The lowest BCUT2D eigenvalue weighted by atomic mass is 10.3. The van der Waals surface area contributed by atoms with E-state index in [1.807, 2.05) is 17.5 Å². The summed E-state index contributed by atoms with van der Waals surface area (Å²) >= 11 is 3.26. The number of thiophene rings is 1. The van der Waals surface area contributed by atoms with Gasteiger partial charge >= 0.3 is 5.97 Å². The van der Waals surface area contributed by atoms with Crippen LogP contribution in [0.4, 0.5) is 0 Å². The average Bonchev–Trinajstić information content (AvgIpc) is 2.87. The SMILES string of the molecule is O=C(O)C(CSc1cccs1)NC1CC1. The zero-order chi connectivity index (χ0) is 10.7. The molecule has 82 valence electrons. The van der Waals surface area contributed by atoms with Gasteiger partial charge in [-0.15, -0.1) is 23.1 Å². The normalized spacial score (nSPS) is 17.6. The maximum atomic E-state index is 10.9. The molecular formula is C10H13NO2S2. The van der Waals surface area contributed by atoms with Crippen LogP contribution in [0, 0.1) is 0 Å². The molecule has 1 atom stereocenters. The van der Waals surface area contributed by atoms with E-state index in [0.717, 1.165) is 12.8 Å². The Labute approximate surface area is 96.9 Å². The molecule has 1 fully saturated rings. The average molecular weight is 243 g/mol. The first kappa shape index (κ1) is 11.0. The Bertz CT molecular complexity index is 322. The monoisotopic (exact) mass is 243 g/mol. The van der Waals surface area contributed by atoms with Crippen molar-refractivity contribution in [3.05, 3.63) is 17.5 Å². The van der Waals surface area contributed by atoms with E-state index >= 15 is 0 Å². The molecule has 0 saturated heterocycles. The number of hydrogen-bond donors (Lipinski definition) is 2. The van der Waals surface area contributed by atoms with Crippen LogP contribution < -0.4 is 5.32 Å². The van der Waals surface area contributed by atoms with Crippen LogP contribution in [-0.2, 0) is 4.79 Å². The topological polar surface area (TPSA) is 49.3 Å². The van der Waals surface area contributed by atoms with Gasteiger partial charge in [0.25, 0.3) is 0 Å². The zero-order valence-electron chi connectivity index (χ0n) is 8.18. The van der Waals surface area contributed by atoms with Gasteiger partial charge in [-0.25, -0.2) is 0 Å². The Hall–Kier alpha value is -0.520. The number of rotatable bonds is 6. The first-order chi connectivity index (χ1) is 7.25. The largest absolute Gasteiger partial charge is 0.480 e. The van der Waals surface area contributed by atoms with Crippen LogP contribution in [0.1, 0.15) is 12.8 Å². The summed E-state index contributed by atoms with van der Waals surface area (Å²) in [5, 5.41) is 14.1. The smallest absolute Gasteiger partial charge is 0.321 e. The van der Waals surface area contributed by atoms with Gasteiger partial charge in [0.05, 0.1) is 4.21 Å². The molecule has 1 aliphatic rings. The van der Waals surface area contributed by atoms with Crippen molar-refractivity contribution in [2.45, 2.75) is 29.1 Å². The van der Waals surface area contributed by atoms with Gasteiger partial charge in [0.15, 0.2) is 0 Å². The Balaban J connectivity index is 1.80. The number of carboxylic acid groups (broad SMARTS) is 1. The predicted molar refractivity (Wildman–Crippen MR) is 62.6 cm³/mol. The fourth-order valence-electron chi connectivity index (χ4n) is 1.24. The minimum absolute atomic E-state index is 0.412. The molecule has 0 bridgehead atoms. The summed E-state index contributed by atoms with van der Waals surface area (Å²) in [6.07, 6.45) is 2.24. The number of thioether (sulfide) groups is 1. The summed E-state index contributed by atoms with van der Waals surface area (Å²) in [7, 11) is 0. The molecule has 0 aromatic carbocycles. The minimum Gasteiger partial charge on any atom is -0.480 e. The molecule has 1 unspecified atom stereocenters. The van der Waals surface area contributed by atoms with Crippen LogP contribution in [0.2, 0.25) is 0 Å². The predicted octanol–water partition coefficient (Wildman–Crippen LogP) is 2.05. The van der Waals surface area contributed by atoms with Gasteiger partial charge in [0.1, 0.15) is 6.04 Å². The third kappa shape index (κ3) is 3.52. The summed E-state index contributed by atoms with van der Waals surface area (Å²) in [6, 6.07) is 4.03. The summed E-state index contributed by atoms with van der Waals surface area (Å²) in [4.78, 5) is 10.9. The van der Waals surface area contributed by atoms with Crippen LogP contribution in [-0.4, -0.2) is 28.9 Å². The zero-order valence-corrected chi connectivity index (χ0v) is 9.81. The summed E-state index contributed by atoms with van der Waals surface area (Å²) < 4.78 is 1.18. The highest BCUT2D eigenvalue weighted by Crippen LogP contribution is 2.25. The quantitative estimate of drug-likeness (QED) is 0.751. The molecule has 2 rings (SSSR count). The Morgan fingerprint density at radius 1 is 1.73 bits per heavy atom. The number of nitrogens with one attached hydrogen (secondary N) is 1. The summed E-state index contributed by atoms with van der Waals surface area (Å²) in [5.41, 5.74) is 0. The van der Waals surface area contributed by atoms with E-state index in [4.69, 9.17) is 5.11 Å². The van der Waals surface area contributed by atoms with Crippen molar-refractivity contribution >= 4 is 29.1 Å². The molecule has 1 heterocycles. The molecule has 1 aromatic rings. The van der Waals surface area contributed by atoms with Crippen molar-refractivity contribution in [1.29, 1.82) is 0 Å². The highest BCUT2D eigenvalue weighted by molar-refractivity contribution is 8.01. The first-order valence-corrected chi connectivity index (χ1v) is 6.77. The Morgan fingerprint density at radius 3 is 3.07 bits per heavy atom. The van der Waals surface area contributed by atoms with Crippen LogP contribution in [0.25, 0.3) is 0 Å². The van der Waals surface area contributed by atoms with E-state index in [0.29, 0.717) is 11.8 Å². The molecule has 0 aliphatic heterocycles. The third-order valence-electron chi connectivity index (χ3n) is 2.20. The first-order valence-electron chi connectivity index (χ1n) is 4.91. The standard InChI is InChI=1S/C10H13NO2S2/c12-10(13)8(11-7-3-4-7)6-15-9-2-1-5-14-9/h1-2,5,7-8,11H,3-4,6H2,(H,12,13). The van der Waals surface area contributed by atoms with Gasteiger partial charge in [-0.05, 0) is 24.3 Å². The fraction of sp³-hybridized carbons (Fsp3) is 0.500. The molecule has 3 nitrogen and oxygen atoms in total. The number of carbonyl (C=O) groups is 1. The number of aliphatic carboxylic acids is 1. The molecule has 1 saturated carbocycles. The van der Waals surface area contributed by atoms with Gasteiger partial charge in [-0.1, -0.05) is 6.07 Å². The summed E-state index contributed by atoms with van der Waals surface area (Å²) in [5.74, 6) is -0.141. The fourth-order valence-corrected chi connectivity index (χ4v) is 3.07. The maximum absolute atomic E-state index is 10.9. The Kier molecular flexibility index (Phi) is 3.66. The second kappa shape index (κ2) is 5.01. The maximum Gasteiger partial charge on any atom is 0.321 e. The second-order valence-corrected chi connectivity index (χ2v) is 5.84. The lowest BCUT2D eigenvalue weighted by Crippen LogP contribution is -2.40. The molecule has 15 heavy (non-hydrogen) atoms. The van der Waals surface area contributed by atoms with Crippen molar-refractivity contribution in [3.8, 4) is 0 Å². The van der Waals surface area contributed by atoms with Crippen LogP contribution in [0.5, 0.6) is 0 Å². The van der Waals surface area contributed by atoms with Gasteiger partial charge < -0.3 is 10.4 Å². The highest BCUT2D eigenvalue weighted by atomic mass is 32.2. The van der Waals surface area contributed by atoms with Crippen LogP contribution in [0.15, 0.2) is 21.7 Å². The second-order valence-electron chi connectivity index (χ2n) is 3.57. The number of hydrogen-bond acceptors (Lipinski definition) is 4. The molecule has 0 spiro atoms. The van der Waals surface area contributed by atoms with Crippen molar-refractivity contribution < 1.29 is 9.90 Å². The molecule has 0 radical (unpaired) electrons. The highest BCUT2D eigenvalue weighted by Gasteiger charge is 2.28. The Morgan fingerprint density at radius 2 is 2.53 bits per heavy atom. The minimum atomic E-state index is -0.744. The third-order valence-corrected chi connectivity index (χ3v) is 4.42. The lowest BCUT2D eigenvalue weighted by molar-refractivity contribution is -0.138. The van der Waals surface area contributed by atoms with Crippen molar-refractivity contribution in [2.24, 2.45) is 0 Å². The van der Waals surface area contributed by atoms with Crippen molar-refractivity contribution in [1.82, 2.24) is 5.32 Å². The van der Waals surface area contributed by atoms with E-state index in [1.54, 1.807) is 23.1 Å². The van der Waals surface area contributed by atoms with E-state index in [2.05, 4.69) is 5.32 Å². The van der Waals surface area contributed by atoms with Gasteiger partial charge in [0, 0.05) is 11.8 Å². The van der Waals surface area contributed by atoms with E-state index < -0.39 is 12.0 Å². The molecule has 0 amide bonds. The van der Waals surface area contributed by atoms with Gasteiger partial charge in [-0.2, -0.15) is 0 Å². The molecule has 1 aliphatic carbocycles. The molecule has 2 N–H and O–H groups in total. The number of carboxylic acids is 1. The van der Waals surface area contributed by atoms with Crippen LogP contribution in [0.3, 0.4) is 0 Å². The van der Waals surface area contributed by atoms with E-state index in [1.165, 1.54) is 4.21 Å². The molecule has 5 heteroatoms. The lowest BCUT2D eigenvalue weighted by Gasteiger charge is -2.12. The summed E-state index contributed by atoms with van der Waals surface area (Å²) in [6.45, 7) is 0. The molecule has 1 aromatic heterocycles. The van der Waals surface area contributed by atoms with E-state index in [9.17, 15) is 4.79 Å². The molecular weight excluding hydrogens is 230 g/mol. The van der Waals surface area contributed by atoms with Gasteiger partial charge in [-0.3, -0.25) is 4.79 Å². The van der Waals surface area contributed by atoms with E-state index in [-0.39, 0.29) is 0 Å². The van der Waals surface area contributed by atoms with Crippen molar-refractivity contribution in [2.75, 3.05) is 5.75 Å². The van der Waals surface area contributed by atoms with Crippen molar-refractivity contribution in [3.63, 3.8) is 0 Å². The van der Waals surface area contributed by atoms with Gasteiger partial charge in [0.2, 0.25) is 0 Å².